The Kier molecular flexibility index (Phi) is 7.53. The Labute approximate surface area is 134 Å². The number of nitrogens with zero attached hydrogens (tertiary/aromatic N) is 2. The van der Waals surface area contributed by atoms with Gasteiger partial charge in [-0.3, -0.25) is 0 Å². The third-order valence-electron chi connectivity index (χ3n) is 3.42. The molecular weight excluding hydrogens is 278 g/mol. The van der Waals surface area contributed by atoms with Gasteiger partial charge in [0.05, 0.1) is 0 Å². The first-order valence-electron chi connectivity index (χ1n) is 7.80. The van der Waals surface area contributed by atoms with Gasteiger partial charge in [0, 0.05) is 37.0 Å². The van der Waals surface area contributed by atoms with Gasteiger partial charge >= 0.3 is 0 Å². The van der Waals surface area contributed by atoms with Crippen LogP contribution in [0.2, 0.25) is 0 Å². The first kappa shape index (κ1) is 18.3. The van der Waals surface area contributed by atoms with E-state index in [2.05, 4.69) is 63.3 Å². The number of thioether (sulfide) groups is 1. The second-order valence-electron chi connectivity index (χ2n) is 6.56. The van der Waals surface area contributed by atoms with E-state index in [1.54, 1.807) is 0 Å². The smallest absolute Gasteiger partial charge is 0.128 e. The van der Waals surface area contributed by atoms with Gasteiger partial charge in [-0.1, -0.05) is 27.7 Å². The van der Waals surface area contributed by atoms with Gasteiger partial charge in [0.25, 0.3) is 0 Å². The molecule has 0 saturated heterocycles. The highest BCUT2D eigenvalue weighted by atomic mass is 32.2. The molecular formula is C17H31N3S. The monoisotopic (exact) mass is 309 g/mol. The average Bonchev–Trinajstić information content (AvgIpc) is 2.43. The number of hydrogen-bond donors (Lipinski definition) is 1. The summed E-state index contributed by atoms with van der Waals surface area (Å²) in [5.41, 5.74) is 2.58. The molecule has 1 rings (SSSR count). The molecule has 0 fully saturated rings. The maximum atomic E-state index is 4.87. The molecule has 4 heteroatoms. The molecule has 21 heavy (non-hydrogen) atoms. The van der Waals surface area contributed by atoms with Gasteiger partial charge in [0.15, 0.2) is 0 Å². The van der Waals surface area contributed by atoms with E-state index in [9.17, 15) is 0 Å². The lowest BCUT2D eigenvalue weighted by atomic mass is 9.90. The van der Waals surface area contributed by atoms with Gasteiger partial charge in [0.2, 0.25) is 0 Å². The number of nitrogens with one attached hydrogen (secondary N) is 1. The molecule has 0 atom stereocenters. The molecule has 0 aliphatic heterocycles. The molecule has 0 unspecified atom stereocenters. The molecule has 1 aromatic heterocycles. The largest absolute Gasteiger partial charge is 0.359 e. The van der Waals surface area contributed by atoms with Crippen molar-refractivity contribution in [3.05, 3.63) is 23.4 Å². The van der Waals surface area contributed by atoms with Crippen molar-refractivity contribution in [1.82, 2.24) is 10.3 Å². The SMILES string of the molecule is CCCNCc1cc(N(C)CCSC)nc(C(C)(C)C)c1. The molecule has 1 N–H and O–H groups in total. The Morgan fingerprint density at radius 1 is 1.29 bits per heavy atom. The zero-order valence-electron chi connectivity index (χ0n) is 14.5. The number of pyridine rings is 1. The third kappa shape index (κ3) is 6.27. The Hall–Kier alpha value is -0.740. The van der Waals surface area contributed by atoms with Crippen LogP contribution < -0.4 is 10.2 Å². The van der Waals surface area contributed by atoms with Gasteiger partial charge in [-0.05, 0) is 36.9 Å². The lowest BCUT2D eigenvalue weighted by molar-refractivity contribution is 0.565. The molecule has 1 aromatic rings. The summed E-state index contributed by atoms with van der Waals surface area (Å²) in [5.74, 6) is 2.21. The molecule has 0 saturated carbocycles. The number of rotatable bonds is 8. The van der Waals surface area contributed by atoms with Crippen LogP contribution in [0.1, 0.15) is 45.4 Å². The van der Waals surface area contributed by atoms with Gasteiger partial charge < -0.3 is 10.2 Å². The van der Waals surface area contributed by atoms with Crippen LogP contribution in [0.5, 0.6) is 0 Å². The first-order valence-corrected chi connectivity index (χ1v) is 9.20. The van der Waals surface area contributed by atoms with E-state index < -0.39 is 0 Å². The van der Waals surface area contributed by atoms with Crippen molar-refractivity contribution in [3.8, 4) is 0 Å². The molecule has 120 valence electrons. The van der Waals surface area contributed by atoms with Crippen molar-refractivity contribution in [1.29, 1.82) is 0 Å². The predicted octanol–water partition coefficient (Wildman–Crippen LogP) is 3.68. The van der Waals surface area contributed by atoms with Crippen molar-refractivity contribution in [2.24, 2.45) is 0 Å². The average molecular weight is 310 g/mol. The molecule has 0 aliphatic rings. The summed E-state index contributed by atoms with van der Waals surface area (Å²) in [4.78, 5) is 7.13. The molecule has 3 nitrogen and oxygen atoms in total. The van der Waals surface area contributed by atoms with E-state index in [0.717, 1.165) is 37.6 Å². The Morgan fingerprint density at radius 3 is 2.57 bits per heavy atom. The Morgan fingerprint density at radius 2 is 2.00 bits per heavy atom. The third-order valence-corrected chi connectivity index (χ3v) is 4.01. The summed E-state index contributed by atoms with van der Waals surface area (Å²) in [6, 6.07) is 4.47. The lowest BCUT2D eigenvalue weighted by Gasteiger charge is -2.24. The highest BCUT2D eigenvalue weighted by Gasteiger charge is 2.18. The Balaban J connectivity index is 2.97. The molecule has 0 spiro atoms. The molecule has 0 bridgehead atoms. The van der Waals surface area contributed by atoms with Crippen molar-refractivity contribution in [2.45, 2.75) is 46.1 Å². The van der Waals surface area contributed by atoms with Crippen LogP contribution in [-0.4, -0.2) is 37.1 Å². The van der Waals surface area contributed by atoms with Gasteiger partial charge in [-0.15, -0.1) is 0 Å². The predicted molar refractivity (Wildman–Crippen MR) is 96.6 cm³/mol. The van der Waals surface area contributed by atoms with Gasteiger partial charge in [0.1, 0.15) is 5.82 Å². The fraction of sp³-hybridized carbons (Fsp3) is 0.706. The summed E-state index contributed by atoms with van der Waals surface area (Å²) in [6.07, 6.45) is 3.31. The van der Waals surface area contributed by atoms with Crippen LogP contribution in [0.3, 0.4) is 0 Å². The van der Waals surface area contributed by atoms with E-state index in [4.69, 9.17) is 4.98 Å². The van der Waals surface area contributed by atoms with Crippen LogP contribution >= 0.6 is 11.8 Å². The molecule has 0 aromatic carbocycles. The molecule has 1 heterocycles. The van der Waals surface area contributed by atoms with Gasteiger partial charge in [-0.25, -0.2) is 4.98 Å². The second-order valence-corrected chi connectivity index (χ2v) is 7.55. The number of hydrogen-bond acceptors (Lipinski definition) is 4. The van der Waals surface area contributed by atoms with E-state index in [-0.39, 0.29) is 5.41 Å². The summed E-state index contributed by atoms with van der Waals surface area (Å²) in [6.45, 7) is 11.9. The summed E-state index contributed by atoms with van der Waals surface area (Å²) in [5, 5.41) is 3.49. The first-order chi connectivity index (χ1) is 9.88. The van der Waals surface area contributed by atoms with Crippen molar-refractivity contribution in [3.63, 3.8) is 0 Å². The minimum Gasteiger partial charge on any atom is -0.359 e. The second kappa shape index (κ2) is 8.64. The minimum atomic E-state index is 0.0792. The van der Waals surface area contributed by atoms with E-state index in [1.807, 2.05) is 11.8 Å². The highest BCUT2D eigenvalue weighted by molar-refractivity contribution is 7.98. The fourth-order valence-corrected chi connectivity index (χ4v) is 2.46. The van der Waals surface area contributed by atoms with E-state index >= 15 is 0 Å². The summed E-state index contributed by atoms with van der Waals surface area (Å²) < 4.78 is 0. The van der Waals surface area contributed by atoms with Crippen LogP contribution in [-0.2, 0) is 12.0 Å². The number of anilines is 1. The highest BCUT2D eigenvalue weighted by Crippen LogP contribution is 2.24. The minimum absolute atomic E-state index is 0.0792. The standard InChI is InChI=1S/C17H31N3S/c1-7-8-18-13-14-11-15(17(2,3)4)19-16(12-14)20(5)9-10-21-6/h11-12,18H,7-10,13H2,1-6H3. The van der Waals surface area contributed by atoms with Crippen LogP contribution in [0.4, 0.5) is 5.82 Å². The quantitative estimate of drug-likeness (QED) is 0.742. The maximum Gasteiger partial charge on any atom is 0.128 e. The van der Waals surface area contributed by atoms with E-state index in [1.165, 1.54) is 11.3 Å². The summed E-state index contributed by atoms with van der Waals surface area (Å²) >= 11 is 1.87. The fourth-order valence-electron chi connectivity index (χ4n) is 2.01. The molecule has 0 radical (unpaired) electrons. The van der Waals surface area contributed by atoms with Crippen LogP contribution in [0.25, 0.3) is 0 Å². The zero-order valence-corrected chi connectivity index (χ0v) is 15.3. The van der Waals surface area contributed by atoms with Crippen LogP contribution in [0, 0.1) is 0 Å². The Bertz CT molecular complexity index is 427. The van der Waals surface area contributed by atoms with Crippen molar-refractivity contribution < 1.29 is 0 Å². The topological polar surface area (TPSA) is 28.2 Å². The zero-order chi connectivity index (χ0) is 15.9. The lowest BCUT2D eigenvalue weighted by Crippen LogP contribution is -2.24. The van der Waals surface area contributed by atoms with E-state index in [0.29, 0.717) is 0 Å². The number of aromatic nitrogens is 1. The van der Waals surface area contributed by atoms with Crippen molar-refractivity contribution in [2.75, 3.05) is 37.0 Å². The van der Waals surface area contributed by atoms with Crippen molar-refractivity contribution >= 4 is 17.6 Å². The maximum absolute atomic E-state index is 4.87. The molecule has 0 aliphatic carbocycles. The normalized spacial score (nSPS) is 11.7. The molecule has 0 amide bonds. The van der Waals surface area contributed by atoms with Crippen LogP contribution in [0.15, 0.2) is 12.1 Å². The summed E-state index contributed by atoms with van der Waals surface area (Å²) in [7, 11) is 2.13. The van der Waals surface area contributed by atoms with Gasteiger partial charge in [-0.2, -0.15) is 11.8 Å².